The molecule has 0 atom stereocenters. The van der Waals surface area contributed by atoms with E-state index in [-0.39, 0.29) is 24.0 Å². The smallest absolute Gasteiger partial charge is 0.194 e. The third-order valence-corrected chi connectivity index (χ3v) is 4.68. The summed E-state index contributed by atoms with van der Waals surface area (Å²) < 4.78 is 0. The first kappa shape index (κ1) is 17.7. The second kappa shape index (κ2) is 7.59. The Morgan fingerprint density at radius 2 is 2.30 bits per heavy atom. The van der Waals surface area contributed by atoms with Gasteiger partial charge in [0.1, 0.15) is 5.01 Å². The van der Waals surface area contributed by atoms with Crippen molar-refractivity contribution in [1.82, 2.24) is 15.2 Å². The summed E-state index contributed by atoms with van der Waals surface area (Å²) in [5, 5.41) is 4.56. The quantitative estimate of drug-likeness (QED) is 0.475. The van der Waals surface area contributed by atoms with Crippen molar-refractivity contribution in [2.45, 2.75) is 40.2 Å². The third kappa shape index (κ3) is 4.58. The predicted octanol–water partition coefficient (Wildman–Crippen LogP) is 3.13. The summed E-state index contributed by atoms with van der Waals surface area (Å²) in [5.41, 5.74) is 0.397. The van der Waals surface area contributed by atoms with Crippen molar-refractivity contribution in [3.63, 3.8) is 0 Å². The Bertz CT molecular complexity index is 456. The lowest BCUT2D eigenvalue weighted by Gasteiger charge is -2.23. The molecule has 0 radical (unpaired) electrons. The Hall–Kier alpha value is -0.370. The number of nitrogens with zero attached hydrogens (tertiary/aromatic N) is 3. The van der Waals surface area contributed by atoms with Gasteiger partial charge in [-0.3, -0.25) is 4.99 Å². The van der Waals surface area contributed by atoms with Gasteiger partial charge >= 0.3 is 0 Å². The summed E-state index contributed by atoms with van der Waals surface area (Å²) in [6.07, 6.45) is 4.26. The molecule has 0 unspecified atom stereocenters. The molecular weight excluding hydrogens is 383 g/mol. The minimum atomic E-state index is 0. The predicted molar refractivity (Wildman–Crippen MR) is 97.1 cm³/mol. The molecule has 1 aromatic heterocycles. The fourth-order valence-corrected chi connectivity index (χ4v) is 3.18. The number of hydrogen-bond acceptors (Lipinski definition) is 3. The van der Waals surface area contributed by atoms with E-state index in [1.54, 1.807) is 11.3 Å². The largest absolute Gasteiger partial charge is 0.350 e. The van der Waals surface area contributed by atoms with E-state index >= 15 is 0 Å². The molecular formula is C14H25IN4S. The lowest BCUT2D eigenvalue weighted by molar-refractivity contribution is 0.370. The highest BCUT2D eigenvalue weighted by Gasteiger charge is 2.30. The van der Waals surface area contributed by atoms with E-state index in [4.69, 9.17) is 0 Å². The van der Waals surface area contributed by atoms with Gasteiger partial charge in [-0.25, -0.2) is 4.98 Å². The van der Waals surface area contributed by atoms with E-state index in [1.165, 1.54) is 11.3 Å². The Morgan fingerprint density at radius 1 is 1.55 bits per heavy atom. The maximum atomic E-state index is 4.43. The van der Waals surface area contributed by atoms with Crippen LogP contribution in [0.4, 0.5) is 0 Å². The van der Waals surface area contributed by atoms with Crippen LogP contribution in [0.1, 0.15) is 37.1 Å². The number of rotatable bonds is 3. The minimum absolute atomic E-state index is 0. The van der Waals surface area contributed by atoms with Gasteiger partial charge in [0, 0.05) is 31.2 Å². The number of halogens is 1. The lowest BCUT2D eigenvalue weighted by atomic mass is 9.93. The number of hydrogen-bond donors (Lipinski definition) is 1. The Kier molecular flexibility index (Phi) is 6.71. The van der Waals surface area contributed by atoms with Gasteiger partial charge in [-0.15, -0.1) is 35.3 Å². The van der Waals surface area contributed by atoms with Gasteiger partial charge in [0.25, 0.3) is 0 Å². The van der Waals surface area contributed by atoms with Crippen LogP contribution in [0.15, 0.2) is 11.2 Å². The van der Waals surface area contributed by atoms with Gasteiger partial charge in [0.05, 0.1) is 6.54 Å². The molecule has 20 heavy (non-hydrogen) atoms. The first-order chi connectivity index (χ1) is 9.04. The van der Waals surface area contributed by atoms with Gasteiger partial charge in [-0.1, -0.05) is 20.8 Å². The van der Waals surface area contributed by atoms with Crippen LogP contribution in [0.25, 0.3) is 0 Å². The molecule has 1 saturated heterocycles. The van der Waals surface area contributed by atoms with E-state index in [9.17, 15) is 0 Å². The van der Waals surface area contributed by atoms with Gasteiger partial charge in [-0.2, -0.15) is 0 Å². The summed E-state index contributed by atoms with van der Waals surface area (Å²) >= 11 is 1.78. The number of aromatic nitrogens is 1. The first-order valence-electron chi connectivity index (χ1n) is 6.93. The van der Waals surface area contributed by atoms with Crippen molar-refractivity contribution in [2.24, 2.45) is 10.4 Å². The summed E-state index contributed by atoms with van der Waals surface area (Å²) in [6.45, 7) is 9.73. The highest BCUT2D eigenvalue weighted by atomic mass is 127. The fourth-order valence-electron chi connectivity index (χ4n) is 2.37. The molecule has 1 aromatic rings. The monoisotopic (exact) mass is 408 g/mol. The van der Waals surface area contributed by atoms with Crippen molar-refractivity contribution >= 4 is 41.3 Å². The van der Waals surface area contributed by atoms with Crippen molar-refractivity contribution in [3.05, 3.63) is 16.1 Å². The van der Waals surface area contributed by atoms with Gasteiger partial charge in [0.2, 0.25) is 0 Å². The molecule has 2 heterocycles. The van der Waals surface area contributed by atoms with Gasteiger partial charge < -0.3 is 10.2 Å². The Morgan fingerprint density at radius 3 is 2.80 bits per heavy atom. The molecule has 0 aromatic carbocycles. The minimum Gasteiger partial charge on any atom is -0.350 e. The standard InChI is InChI=1S/C14H24N4S.HI/c1-5-11-8-16-12(19-11)9-17-13(15-4)18-7-6-14(2,3)10-18;/h8H,5-7,9-10H2,1-4H3,(H,15,17);1H. The van der Waals surface area contributed by atoms with Crippen LogP contribution < -0.4 is 5.32 Å². The first-order valence-corrected chi connectivity index (χ1v) is 7.75. The second-order valence-corrected chi connectivity index (χ2v) is 7.01. The zero-order chi connectivity index (χ0) is 13.9. The number of aliphatic imine (C=N–C) groups is 1. The lowest BCUT2D eigenvalue weighted by Crippen LogP contribution is -2.40. The van der Waals surface area contributed by atoms with E-state index in [0.717, 1.165) is 37.0 Å². The normalized spacial score (nSPS) is 18.0. The summed E-state index contributed by atoms with van der Waals surface area (Å²) in [4.78, 5) is 12.5. The maximum Gasteiger partial charge on any atom is 0.194 e. The van der Waals surface area contributed by atoms with Gasteiger partial charge in [-0.05, 0) is 18.3 Å². The van der Waals surface area contributed by atoms with E-state index in [1.807, 2.05) is 13.2 Å². The molecule has 1 aliphatic rings. The molecule has 2 rings (SSSR count). The average Bonchev–Trinajstić information content (AvgIpc) is 2.97. The number of nitrogens with one attached hydrogen (secondary N) is 1. The highest BCUT2D eigenvalue weighted by molar-refractivity contribution is 14.0. The van der Waals surface area contributed by atoms with Crippen LogP contribution in [0.2, 0.25) is 0 Å². The van der Waals surface area contributed by atoms with Crippen molar-refractivity contribution < 1.29 is 0 Å². The maximum absolute atomic E-state index is 4.43. The van der Waals surface area contributed by atoms with Crippen LogP contribution in [-0.2, 0) is 13.0 Å². The zero-order valence-corrected chi connectivity index (χ0v) is 15.9. The molecule has 0 bridgehead atoms. The fraction of sp³-hybridized carbons (Fsp3) is 0.714. The average molecular weight is 408 g/mol. The zero-order valence-electron chi connectivity index (χ0n) is 12.8. The third-order valence-electron chi connectivity index (χ3n) is 3.54. The Labute approximate surface area is 143 Å². The highest BCUT2D eigenvalue weighted by Crippen LogP contribution is 2.28. The second-order valence-electron chi connectivity index (χ2n) is 5.81. The number of aryl methyl sites for hydroxylation is 1. The number of likely N-dealkylation sites (tertiary alicyclic amines) is 1. The van der Waals surface area contributed by atoms with Gasteiger partial charge in [0.15, 0.2) is 5.96 Å². The van der Waals surface area contributed by atoms with E-state index < -0.39 is 0 Å². The van der Waals surface area contributed by atoms with E-state index in [2.05, 4.69) is 41.0 Å². The summed E-state index contributed by atoms with van der Waals surface area (Å²) in [5.74, 6) is 0.999. The van der Waals surface area contributed by atoms with Crippen LogP contribution in [0.3, 0.4) is 0 Å². The van der Waals surface area contributed by atoms with Crippen LogP contribution in [0, 0.1) is 5.41 Å². The van der Waals surface area contributed by atoms with Crippen LogP contribution in [0.5, 0.6) is 0 Å². The molecule has 4 nitrogen and oxygen atoms in total. The molecule has 0 aliphatic carbocycles. The van der Waals surface area contributed by atoms with Crippen molar-refractivity contribution in [2.75, 3.05) is 20.1 Å². The van der Waals surface area contributed by atoms with Crippen molar-refractivity contribution in [1.29, 1.82) is 0 Å². The molecule has 1 N–H and O–H groups in total. The SMILES string of the molecule is CCc1cnc(CNC(=NC)N2CCC(C)(C)C2)s1.I. The number of thiazole rings is 1. The summed E-state index contributed by atoms with van der Waals surface area (Å²) in [6, 6.07) is 0. The van der Waals surface area contributed by atoms with Crippen molar-refractivity contribution in [3.8, 4) is 0 Å². The Balaban J connectivity index is 0.00000200. The number of guanidine groups is 1. The molecule has 1 aliphatic heterocycles. The molecule has 0 saturated carbocycles. The molecule has 114 valence electrons. The topological polar surface area (TPSA) is 40.5 Å². The van der Waals surface area contributed by atoms with Crippen LogP contribution >= 0.6 is 35.3 Å². The summed E-state index contributed by atoms with van der Waals surface area (Å²) in [7, 11) is 1.85. The van der Waals surface area contributed by atoms with Crippen LogP contribution in [-0.4, -0.2) is 36.0 Å². The molecule has 1 fully saturated rings. The van der Waals surface area contributed by atoms with E-state index in [0.29, 0.717) is 5.41 Å². The molecule has 0 amide bonds. The molecule has 6 heteroatoms. The molecule has 0 spiro atoms.